The molecule has 1 aliphatic heterocycles. The summed E-state index contributed by atoms with van der Waals surface area (Å²) < 4.78 is 32.6. The van der Waals surface area contributed by atoms with Crippen LogP contribution in [0, 0.1) is 23.7 Å². The van der Waals surface area contributed by atoms with Crippen LogP contribution in [0.3, 0.4) is 0 Å². The molecule has 0 bridgehead atoms. The Morgan fingerprint density at radius 2 is 0.679 bits per heavy atom. The van der Waals surface area contributed by atoms with Crippen LogP contribution < -0.4 is 0 Å². The highest BCUT2D eigenvalue weighted by Gasteiger charge is 2.29. The molecule has 1 fully saturated rings. The Hall–Kier alpha value is -3.46. The zero-order chi connectivity index (χ0) is 57.1. The van der Waals surface area contributed by atoms with Gasteiger partial charge in [-0.15, -0.1) is 0 Å². The van der Waals surface area contributed by atoms with Crippen LogP contribution in [-0.2, 0) is 44.9 Å². The highest BCUT2D eigenvalue weighted by Crippen LogP contribution is 2.24. The number of hydrogen-bond donors (Lipinski definition) is 0. The maximum atomic E-state index is 7.22. The van der Waals surface area contributed by atoms with Crippen LogP contribution >= 0.6 is 0 Å². The van der Waals surface area contributed by atoms with E-state index >= 15 is 0 Å². The van der Waals surface area contributed by atoms with Gasteiger partial charge in [0.05, 0.1) is 63.9 Å². The molecule has 0 amide bonds. The number of benzene rings is 2. The third-order valence-electron chi connectivity index (χ3n) is 16.1. The van der Waals surface area contributed by atoms with E-state index in [1.165, 1.54) is 33.6 Å². The average Bonchev–Trinajstić information content (AvgIpc) is 4.05. The molecule has 0 radical (unpaired) electrons. The number of ether oxygens (including phenoxy) is 4. The smallest absolute Gasteiger partial charge is 0.0743 e. The molecule has 0 N–H and O–H groups in total. The van der Waals surface area contributed by atoms with E-state index in [1.54, 1.807) is 0 Å². The third-order valence-corrected chi connectivity index (χ3v) is 16.1. The van der Waals surface area contributed by atoms with E-state index in [2.05, 4.69) is 225 Å². The normalized spacial score (nSPS) is 24.8. The molecule has 8 atom stereocenters. The Bertz CT molecular complexity index is 2050. The standard InChI is InChI=1S/C66H112N8O4/c1-47(2)31-59-43-75-53(13)37-69(15)62(34-50(7)8)46-78-64(36-56-21-25-58(26-22-56)40-74-66(52(11)12)28-30-68-74)42-72(18)60(32-48(3)4)44-76-54(14)38-70(16)61(33-49(5)6)45-77-63(41-71(59)17)35-55-19-23-57(24-20-55)39-73-65(51(9)10)27-29-67-73/h19-30,47-54,59-64H,31-46H2,1-18H3/t53-,54-,59+,60+,61+,62+,63-,64-/m1/s1. The lowest BCUT2D eigenvalue weighted by atomic mass is 10.0. The molecule has 0 aliphatic carbocycles. The summed E-state index contributed by atoms with van der Waals surface area (Å²) in [7, 11) is 9.13. The van der Waals surface area contributed by atoms with Gasteiger partial charge in [-0.05, 0) is 150 Å². The van der Waals surface area contributed by atoms with Crippen molar-refractivity contribution in [1.82, 2.24) is 39.2 Å². The molecule has 3 heterocycles. The lowest BCUT2D eigenvalue weighted by Crippen LogP contribution is -2.47. The van der Waals surface area contributed by atoms with Crippen molar-refractivity contribution < 1.29 is 18.9 Å². The predicted octanol–water partition coefficient (Wildman–Crippen LogP) is 12.2. The van der Waals surface area contributed by atoms with E-state index in [0.717, 1.165) is 77.8 Å². The Morgan fingerprint density at radius 3 is 0.974 bits per heavy atom. The van der Waals surface area contributed by atoms with Gasteiger partial charge in [-0.1, -0.05) is 132 Å². The van der Waals surface area contributed by atoms with E-state index in [-0.39, 0.29) is 48.6 Å². The first kappa shape index (κ1) is 65.4. The molecule has 78 heavy (non-hydrogen) atoms. The van der Waals surface area contributed by atoms with Crippen molar-refractivity contribution in [3.8, 4) is 0 Å². The maximum Gasteiger partial charge on any atom is 0.0743 e. The first-order chi connectivity index (χ1) is 37.0. The van der Waals surface area contributed by atoms with Crippen molar-refractivity contribution >= 4 is 0 Å². The van der Waals surface area contributed by atoms with Crippen LogP contribution in [0.1, 0.15) is 168 Å². The van der Waals surface area contributed by atoms with Crippen molar-refractivity contribution in [3.63, 3.8) is 0 Å². The predicted molar refractivity (Wildman–Crippen MR) is 325 cm³/mol. The van der Waals surface area contributed by atoms with Gasteiger partial charge in [0.1, 0.15) is 0 Å². The molecule has 0 saturated carbocycles. The van der Waals surface area contributed by atoms with Gasteiger partial charge in [-0.2, -0.15) is 10.2 Å². The number of aromatic nitrogens is 4. The molecule has 1 saturated heterocycles. The third kappa shape index (κ3) is 22.5. The maximum absolute atomic E-state index is 7.22. The lowest BCUT2D eigenvalue weighted by Gasteiger charge is -2.37. The Labute approximate surface area is 476 Å². The SMILES string of the molecule is CC(C)C[C@H]1CO[C@H](C)CN(C)[C@@H](CC(C)C)CO[C@H](Cc2ccc(Cn3nccc3C(C)C)cc2)CN(C)[C@@H](CC(C)C)CO[C@H](C)CN(C)[C@@H](CC(C)C)CO[C@H](Cc2ccc(Cn3nccc3C(C)C)cc2)CN1C. The minimum atomic E-state index is -0.00179. The van der Waals surface area contributed by atoms with Crippen LogP contribution in [0.5, 0.6) is 0 Å². The lowest BCUT2D eigenvalue weighted by molar-refractivity contribution is -0.0536. The summed E-state index contributed by atoms with van der Waals surface area (Å²) in [5.74, 6) is 2.94. The average molecular weight is 1080 g/mol. The summed E-state index contributed by atoms with van der Waals surface area (Å²) in [6.45, 7) is 39.6. The molecule has 440 valence electrons. The van der Waals surface area contributed by atoms with Gasteiger partial charge in [-0.25, -0.2) is 0 Å². The second-order valence-electron chi connectivity index (χ2n) is 26.3. The van der Waals surface area contributed by atoms with Crippen molar-refractivity contribution in [2.24, 2.45) is 23.7 Å². The highest BCUT2D eigenvalue weighted by atomic mass is 16.5. The zero-order valence-corrected chi connectivity index (χ0v) is 52.5. The van der Waals surface area contributed by atoms with Gasteiger partial charge in [0, 0.05) is 74.1 Å². The minimum absolute atomic E-state index is 0.00179. The summed E-state index contributed by atoms with van der Waals surface area (Å²) in [6, 6.07) is 23.6. The highest BCUT2D eigenvalue weighted by molar-refractivity contribution is 5.25. The summed E-state index contributed by atoms with van der Waals surface area (Å²) in [4.78, 5) is 10.1. The summed E-state index contributed by atoms with van der Waals surface area (Å²) >= 11 is 0. The molecule has 12 heteroatoms. The van der Waals surface area contributed by atoms with E-state index in [1.807, 2.05) is 12.4 Å². The first-order valence-corrected chi connectivity index (χ1v) is 30.5. The quantitative estimate of drug-likeness (QED) is 0.0960. The van der Waals surface area contributed by atoms with Crippen molar-refractivity contribution in [1.29, 1.82) is 0 Å². The molecule has 0 spiro atoms. The molecule has 12 nitrogen and oxygen atoms in total. The van der Waals surface area contributed by atoms with Crippen LogP contribution in [0.2, 0.25) is 0 Å². The van der Waals surface area contributed by atoms with E-state index in [0.29, 0.717) is 61.9 Å². The van der Waals surface area contributed by atoms with Gasteiger partial charge in [0.25, 0.3) is 0 Å². The summed E-state index contributed by atoms with van der Waals surface area (Å²) in [5.41, 5.74) is 7.63. The van der Waals surface area contributed by atoms with Crippen LogP contribution in [0.4, 0.5) is 0 Å². The van der Waals surface area contributed by atoms with E-state index in [9.17, 15) is 0 Å². The second-order valence-corrected chi connectivity index (χ2v) is 26.3. The number of likely N-dealkylation sites (N-methyl/N-ethyl adjacent to an activating group) is 4. The second kappa shape index (κ2) is 32.8. The fourth-order valence-corrected chi connectivity index (χ4v) is 11.6. The molecule has 4 aromatic rings. The van der Waals surface area contributed by atoms with Gasteiger partial charge >= 0.3 is 0 Å². The van der Waals surface area contributed by atoms with Gasteiger partial charge in [-0.3, -0.25) is 29.0 Å². The Balaban J connectivity index is 1.41. The van der Waals surface area contributed by atoms with Gasteiger partial charge in [0.15, 0.2) is 0 Å². The van der Waals surface area contributed by atoms with Crippen molar-refractivity contribution in [2.45, 2.75) is 209 Å². The number of nitrogens with zero attached hydrogens (tertiary/aromatic N) is 8. The monoisotopic (exact) mass is 1080 g/mol. The summed E-state index contributed by atoms with van der Waals surface area (Å²) in [6.07, 6.45) is 9.79. The molecule has 5 rings (SSSR count). The molecular weight excluding hydrogens is 969 g/mol. The Morgan fingerprint density at radius 1 is 0.397 bits per heavy atom. The molecule has 1 aliphatic rings. The fraction of sp³-hybridized carbons (Fsp3) is 0.727. The van der Waals surface area contributed by atoms with E-state index < -0.39 is 0 Å². The van der Waals surface area contributed by atoms with Crippen LogP contribution in [0.15, 0.2) is 73.1 Å². The molecule has 2 aromatic heterocycles. The van der Waals surface area contributed by atoms with E-state index in [4.69, 9.17) is 18.9 Å². The molecule has 0 unspecified atom stereocenters. The minimum Gasteiger partial charge on any atom is -0.376 e. The molecular formula is C66H112N8O4. The van der Waals surface area contributed by atoms with Gasteiger partial charge < -0.3 is 18.9 Å². The van der Waals surface area contributed by atoms with Crippen molar-refractivity contribution in [2.75, 3.05) is 80.8 Å². The van der Waals surface area contributed by atoms with Crippen LogP contribution in [-0.4, -0.2) is 169 Å². The number of hydrogen-bond acceptors (Lipinski definition) is 10. The zero-order valence-electron chi connectivity index (χ0n) is 52.5. The largest absolute Gasteiger partial charge is 0.376 e. The van der Waals surface area contributed by atoms with Crippen molar-refractivity contribution in [3.05, 3.63) is 107 Å². The van der Waals surface area contributed by atoms with Crippen LogP contribution in [0.25, 0.3) is 0 Å². The molecule has 2 aromatic carbocycles. The summed E-state index contributed by atoms with van der Waals surface area (Å²) in [5, 5.41) is 9.31. The number of rotatable bonds is 18. The first-order valence-electron chi connectivity index (χ1n) is 30.5. The Kier molecular flexibility index (Phi) is 27.5. The topological polar surface area (TPSA) is 85.5 Å². The fourth-order valence-electron chi connectivity index (χ4n) is 11.6. The van der Waals surface area contributed by atoms with Gasteiger partial charge in [0.2, 0.25) is 0 Å².